The Labute approximate surface area is 134 Å². The summed E-state index contributed by atoms with van der Waals surface area (Å²) in [5.41, 5.74) is 0.584. The molecule has 0 aromatic heterocycles. The number of carbonyl (C=O) groups is 1. The van der Waals surface area contributed by atoms with E-state index in [2.05, 4.69) is 43.4 Å². The number of rotatable bonds is 4. The number of hydrogen-bond donors (Lipinski definition) is 0. The van der Waals surface area contributed by atoms with Gasteiger partial charge in [-0.1, -0.05) is 15.9 Å². The Bertz CT molecular complexity index is 429. The average molecular weight is 440 g/mol. The van der Waals surface area contributed by atoms with Crippen LogP contribution in [0, 0.1) is 3.57 Å². The molecular weight excluding hydrogens is 425 g/mol. The first-order valence-electron chi connectivity index (χ1n) is 6.08. The van der Waals surface area contributed by atoms with Crippen LogP contribution >= 0.6 is 38.5 Å². The predicted molar refractivity (Wildman–Crippen MR) is 84.4 cm³/mol. The van der Waals surface area contributed by atoms with Crippen LogP contribution in [0.3, 0.4) is 0 Å². The molecule has 0 amide bonds. The van der Waals surface area contributed by atoms with Gasteiger partial charge < -0.3 is 9.47 Å². The molecule has 1 saturated heterocycles. The van der Waals surface area contributed by atoms with E-state index in [1.54, 1.807) is 6.07 Å². The summed E-state index contributed by atoms with van der Waals surface area (Å²) in [5, 5.41) is 0. The standard InChI is InChI=1S/C13H15BrINO3/c14-11-7-10(8-12(15)9-11)13(17)19-6-3-16-1-4-18-5-2-16/h7-9H,1-6H2. The number of morpholine rings is 1. The molecule has 0 unspecified atom stereocenters. The first-order valence-corrected chi connectivity index (χ1v) is 7.95. The average Bonchev–Trinajstić information content (AvgIpc) is 2.38. The van der Waals surface area contributed by atoms with E-state index in [1.165, 1.54) is 0 Å². The van der Waals surface area contributed by atoms with Crippen molar-refractivity contribution in [1.29, 1.82) is 0 Å². The van der Waals surface area contributed by atoms with Crippen molar-refractivity contribution in [3.8, 4) is 0 Å². The molecule has 0 saturated carbocycles. The Morgan fingerprint density at radius 3 is 2.79 bits per heavy atom. The van der Waals surface area contributed by atoms with Gasteiger partial charge in [0.05, 0.1) is 18.8 Å². The molecule has 6 heteroatoms. The lowest BCUT2D eigenvalue weighted by Crippen LogP contribution is -2.38. The van der Waals surface area contributed by atoms with Gasteiger partial charge >= 0.3 is 5.97 Å². The molecule has 0 spiro atoms. The third kappa shape index (κ3) is 5.02. The molecule has 1 aliphatic rings. The second kappa shape index (κ2) is 7.56. The van der Waals surface area contributed by atoms with Crippen LogP contribution in [-0.2, 0) is 9.47 Å². The van der Waals surface area contributed by atoms with Crippen LogP contribution in [0.1, 0.15) is 10.4 Å². The van der Waals surface area contributed by atoms with Crippen molar-refractivity contribution in [2.75, 3.05) is 39.5 Å². The van der Waals surface area contributed by atoms with E-state index in [4.69, 9.17) is 9.47 Å². The van der Waals surface area contributed by atoms with E-state index in [-0.39, 0.29) is 5.97 Å². The molecular formula is C13H15BrINO3. The smallest absolute Gasteiger partial charge is 0.338 e. The van der Waals surface area contributed by atoms with E-state index in [0.717, 1.165) is 40.9 Å². The summed E-state index contributed by atoms with van der Waals surface area (Å²) < 4.78 is 12.5. The van der Waals surface area contributed by atoms with E-state index in [9.17, 15) is 4.79 Å². The fourth-order valence-corrected chi connectivity index (χ4v) is 3.44. The van der Waals surface area contributed by atoms with Crippen LogP contribution in [-0.4, -0.2) is 50.3 Å². The lowest BCUT2D eigenvalue weighted by molar-refractivity contribution is 0.0195. The van der Waals surface area contributed by atoms with Gasteiger partial charge in [-0.15, -0.1) is 0 Å². The van der Waals surface area contributed by atoms with Gasteiger partial charge in [0.15, 0.2) is 0 Å². The van der Waals surface area contributed by atoms with Gasteiger partial charge in [-0.3, -0.25) is 4.90 Å². The molecule has 19 heavy (non-hydrogen) atoms. The Morgan fingerprint density at radius 1 is 1.37 bits per heavy atom. The minimum absolute atomic E-state index is 0.271. The van der Waals surface area contributed by atoms with Crippen LogP contribution in [0.2, 0.25) is 0 Å². The van der Waals surface area contributed by atoms with Gasteiger partial charge in [0.1, 0.15) is 6.61 Å². The molecule has 4 nitrogen and oxygen atoms in total. The third-order valence-corrected chi connectivity index (χ3v) is 3.92. The zero-order valence-electron chi connectivity index (χ0n) is 10.4. The summed E-state index contributed by atoms with van der Waals surface area (Å²) in [6.07, 6.45) is 0. The lowest BCUT2D eigenvalue weighted by atomic mass is 10.2. The van der Waals surface area contributed by atoms with Crippen molar-refractivity contribution in [2.45, 2.75) is 0 Å². The zero-order valence-corrected chi connectivity index (χ0v) is 14.1. The molecule has 1 heterocycles. The first-order chi connectivity index (χ1) is 9.15. The molecule has 0 bridgehead atoms. The highest BCUT2D eigenvalue weighted by atomic mass is 127. The summed E-state index contributed by atoms with van der Waals surface area (Å²) in [6, 6.07) is 5.55. The number of ether oxygens (including phenoxy) is 2. The van der Waals surface area contributed by atoms with Crippen molar-refractivity contribution in [3.63, 3.8) is 0 Å². The Balaban J connectivity index is 1.80. The molecule has 1 aromatic carbocycles. The Kier molecular flexibility index (Phi) is 6.06. The van der Waals surface area contributed by atoms with Gasteiger partial charge in [-0.2, -0.15) is 0 Å². The second-order valence-electron chi connectivity index (χ2n) is 4.25. The van der Waals surface area contributed by atoms with Crippen molar-refractivity contribution in [2.24, 2.45) is 0 Å². The topological polar surface area (TPSA) is 38.8 Å². The molecule has 1 aromatic rings. The van der Waals surface area contributed by atoms with Gasteiger partial charge in [-0.05, 0) is 40.8 Å². The van der Waals surface area contributed by atoms with Gasteiger partial charge in [0, 0.05) is 27.7 Å². The quantitative estimate of drug-likeness (QED) is 0.533. The molecule has 0 N–H and O–H groups in total. The summed E-state index contributed by atoms with van der Waals surface area (Å²) in [4.78, 5) is 14.1. The summed E-state index contributed by atoms with van der Waals surface area (Å²) in [6.45, 7) is 4.52. The monoisotopic (exact) mass is 439 g/mol. The normalized spacial score (nSPS) is 16.3. The number of hydrogen-bond acceptors (Lipinski definition) is 4. The van der Waals surface area contributed by atoms with E-state index in [1.807, 2.05) is 12.1 Å². The summed E-state index contributed by atoms with van der Waals surface area (Å²) in [5.74, 6) is -0.271. The molecule has 2 rings (SSSR count). The molecule has 1 aliphatic heterocycles. The van der Waals surface area contributed by atoms with Crippen molar-refractivity contribution < 1.29 is 14.3 Å². The van der Waals surface area contributed by atoms with Crippen LogP contribution < -0.4 is 0 Å². The number of halogens is 2. The van der Waals surface area contributed by atoms with Crippen molar-refractivity contribution in [1.82, 2.24) is 4.90 Å². The highest BCUT2D eigenvalue weighted by molar-refractivity contribution is 14.1. The number of benzene rings is 1. The summed E-state index contributed by atoms with van der Waals surface area (Å²) >= 11 is 5.55. The van der Waals surface area contributed by atoms with Gasteiger partial charge in [0.2, 0.25) is 0 Å². The minimum Gasteiger partial charge on any atom is -0.461 e. The maximum atomic E-state index is 11.9. The van der Waals surface area contributed by atoms with E-state index in [0.29, 0.717) is 12.2 Å². The van der Waals surface area contributed by atoms with Crippen LogP contribution in [0.4, 0.5) is 0 Å². The highest BCUT2D eigenvalue weighted by Gasteiger charge is 2.12. The molecule has 0 atom stereocenters. The maximum absolute atomic E-state index is 11.9. The maximum Gasteiger partial charge on any atom is 0.338 e. The fourth-order valence-electron chi connectivity index (χ4n) is 1.85. The first kappa shape index (κ1) is 15.2. The number of esters is 1. The molecule has 104 valence electrons. The van der Waals surface area contributed by atoms with Crippen LogP contribution in [0.5, 0.6) is 0 Å². The van der Waals surface area contributed by atoms with Crippen molar-refractivity contribution >= 4 is 44.5 Å². The largest absolute Gasteiger partial charge is 0.461 e. The van der Waals surface area contributed by atoms with Gasteiger partial charge in [0.25, 0.3) is 0 Å². The van der Waals surface area contributed by atoms with Gasteiger partial charge in [-0.25, -0.2) is 4.79 Å². The predicted octanol–water partition coefficient (Wildman–Crippen LogP) is 2.54. The highest BCUT2D eigenvalue weighted by Crippen LogP contribution is 2.18. The van der Waals surface area contributed by atoms with Crippen LogP contribution in [0.15, 0.2) is 22.7 Å². The Morgan fingerprint density at radius 2 is 2.11 bits per heavy atom. The fraction of sp³-hybridized carbons (Fsp3) is 0.462. The minimum atomic E-state index is -0.271. The molecule has 0 radical (unpaired) electrons. The number of nitrogens with zero attached hydrogens (tertiary/aromatic N) is 1. The van der Waals surface area contributed by atoms with Crippen molar-refractivity contribution in [3.05, 3.63) is 31.8 Å². The molecule has 1 fully saturated rings. The SMILES string of the molecule is O=C(OCCN1CCOCC1)c1cc(Br)cc(I)c1. The number of carbonyl (C=O) groups excluding carboxylic acids is 1. The summed E-state index contributed by atoms with van der Waals surface area (Å²) in [7, 11) is 0. The zero-order chi connectivity index (χ0) is 13.7. The molecule has 0 aliphatic carbocycles. The second-order valence-corrected chi connectivity index (χ2v) is 6.41. The van der Waals surface area contributed by atoms with E-state index >= 15 is 0 Å². The lowest BCUT2D eigenvalue weighted by Gasteiger charge is -2.26. The van der Waals surface area contributed by atoms with E-state index < -0.39 is 0 Å². The third-order valence-electron chi connectivity index (χ3n) is 2.84. The van der Waals surface area contributed by atoms with Crippen LogP contribution in [0.25, 0.3) is 0 Å². The Hall–Kier alpha value is -0.180.